The van der Waals surface area contributed by atoms with Crippen LogP contribution in [0.1, 0.15) is 34.2 Å². The van der Waals surface area contributed by atoms with Crippen molar-refractivity contribution in [3.05, 3.63) is 104 Å². The molecule has 3 aromatic carbocycles. The molecule has 184 valence electrons. The summed E-state index contributed by atoms with van der Waals surface area (Å²) in [5, 5.41) is 4.97. The van der Waals surface area contributed by atoms with Gasteiger partial charge < -0.3 is 13.9 Å². The fraction of sp³-hybridized carbons (Fsp3) is 0.143. The molecule has 0 aliphatic carbocycles. The third-order valence-corrected chi connectivity index (χ3v) is 6.44. The van der Waals surface area contributed by atoms with E-state index >= 15 is 0 Å². The van der Waals surface area contributed by atoms with Gasteiger partial charge in [-0.2, -0.15) is 5.10 Å². The zero-order chi connectivity index (χ0) is 25.5. The lowest BCUT2D eigenvalue weighted by Crippen LogP contribution is -2.16. The van der Waals surface area contributed by atoms with Crippen LogP contribution in [0.15, 0.2) is 87.3 Å². The molecule has 1 N–H and O–H groups in total. The van der Waals surface area contributed by atoms with Gasteiger partial charge in [0, 0.05) is 15.4 Å². The van der Waals surface area contributed by atoms with Gasteiger partial charge in [0.25, 0.3) is 0 Å². The molecule has 1 amide bonds. The second-order valence-corrected chi connectivity index (χ2v) is 9.90. The summed E-state index contributed by atoms with van der Waals surface area (Å²) in [7, 11) is 0. The van der Waals surface area contributed by atoms with Crippen molar-refractivity contribution >= 4 is 61.6 Å². The molecular weight excluding hydrogens is 635 g/mol. The van der Waals surface area contributed by atoms with E-state index in [2.05, 4.69) is 55.6 Å². The molecule has 0 saturated heterocycles. The number of nitrogens with one attached hydrogen (secondary N) is 1. The van der Waals surface area contributed by atoms with E-state index in [9.17, 15) is 4.79 Å². The van der Waals surface area contributed by atoms with E-state index in [-0.39, 0.29) is 5.76 Å². The molecule has 1 heterocycles. The van der Waals surface area contributed by atoms with Crippen molar-refractivity contribution in [2.75, 3.05) is 6.61 Å². The summed E-state index contributed by atoms with van der Waals surface area (Å²) in [4.78, 5) is 12.6. The number of carbonyl (C=O) groups is 1. The fourth-order valence-electron chi connectivity index (χ4n) is 3.63. The highest BCUT2D eigenvalue weighted by Gasteiger charge is 2.15. The maximum absolute atomic E-state index is 12.6. The number of amides is 1. The van der Waals surface area contributed by atoms with Crippen molar-refractivity contribution in [1.29, 1.82) is 0 Å². The molecule has 1 aromatic heterocycles. The van der Waals surface area contributed by atoms with Crippen LogP contribution in [0.4, 0.5) is 0 Å². The predicted molar refractivity (Wildman–Crippen MR) is 154 cm³/mol. The van der Waals surface area contributed by atoms with E-state index in [1.807, 2.05) is 67.6 Å². The number of hydrogen-bond acceptors (Lipinski definition) is 5. The number of nitrogens with zero attached hydrogens (tertiary/aromatic N) is 1. The summed E-state index contributed by atoms with van der Waals surface area (Å²) < 4.78 is 19.6. The smallest absolute Gasteiger partial charge is 0.307 e. The molecule has 0 atom stereocenters. The minimum atomic E-state index is -0.437. The van der Waals surface area contributed by atoms with Crippen LogP contribution in [0.5, 0.6) is 11.5 Å². The lowest BCUT2D eigenvalue weighted by atomic mass is 10.1. The largest absolute Gasteiger partial charge is 0.490 e. The van der Waals surface area contributed by atoms with Crippen molar-refractivity contribution in [2.24, 2.45) is 5.10 Å². The Morgan fingerprint density at radius 1 is 1.17 bits per heavy atom. The molecule has 6 nitrogen and oxygen atoms in total. The van der Waals surface area contributed by atoms with Gasteiger partial charge in [-0.05, 0) is 77.4 Å². The molecule has 8 heteroatoms. The number of fused-ring (bicyclic) bond motifs is 1. The highest BCUT2D eigenvalue weighted by Crippen LogP contribution is 2.34. The number of allylic oxidation sites excluding steroid dienone is 1. The molecule has 0 saturated carbocycles. The monoisotopic (exact) mass is 658 g/mol. The average molecular weight is 659 g/mol. The van der Waals surface area contributed by atoms with Gasteiger partial charge in [0.05, 0.1) is 16.4 Å². The zero-order valence-electron chi connectivity index (χ0n) is 19.6. The van der Waals surface area contributed by atoms with Crippen LogP contribution in [0.25, 0.3) is 11.0 Å². The van der Waals surface area contributed by atoms with Crippen molar-refractivity contribution in [2.45, 2.75) is 20.0 Å². The second kappa shape index (κ2) is 12.2. The van der Waals surface area contributed by atoms with Crippen LogP contribution in [0, 0.1) is 3.57 Å². The molecule has 0 aliphatic rings. The van der Waals surface area contributed by atoms with E-state index in [0.29, 0.717) is 36.7 Å². The summed E-state index contributed by atoms with van der Waals surface area (Å²) in [5.41, 5.74) is 5.93. The lowest BCUT2D eigenvalue weighted by molar-refractivity contribution is 0.0929. The third-order valence-electron chi connectivity index (χ3n) is 5.18. The normalized spacial score (nSPS) is 11.1. The van der Waals surface area contributed by atoms with Crippen molar-refractivity contribution in [3.63, 3.8) is 0 Å². The number of hydrazone groups is 1. The lowest BCUT2D eigenvalue weighted by Gasteiger charge is -2.16. The first kappa shape index (κ1) is 26.0. The minimum absolute atomic E-state index is 0.185. The Morgan fingerprint density at radius 2 is 1.97 bits per heavy atom. The summed E-state index contributed by atoms with van der Waals surface area (Å²) >= 11 is 5.64. The van der Waals surface area contributed by atoms with Crippen LogP contribution in [-0.2, 0) is 13.0 Å². The molecule has 0 unspecified atom stereocenters. The third kappa shape index (κ3) is 6.36. The van der Waals surface area contributed by atoms with Crippen LogP contribution < -0.4 is 14.9 Å². The van der Waals surface area contributed by atoms with E-state index in [1.165, 1.54) is 0 Å². The summed E-state index contributed by atoms with van der Waals surface area (Å²) in [6.45, 7) is 6.68. The number of halogens is 2. The highest BCUT2D eigenvalue weighted by atomic mass is 127. The van der Waals surface area contributed by atoms with Crippen LogP contribution in [-0.4, -0.2) is 18.7 Å². The predicted octanol–water partition coefficient (Wildman–Crippen LogP) is 7.27. The van der Waals surface area contributed by atoms with Crippen molar-refractivity contribution in [3.8, 4) is 11.5 Å². The number of rotatable bonds is 10. The molecular formula is C28H24BrIN2O4. The SMILES string of the molecule is C=CCc1cc(/C=N\NC(=O)c2cc3cc(Br)cc(I)c3o2)cc(OCC)c1OCc1ccccc1. The van der Waals surface area contributed by atoms with Gasteiger partial charge in [-0.3, -0.25) is 4.79 Å². The van der Waals surface area contributed by atoms with E-state index in [0.717, 1.165) is 30.1 Å². The molecule has 0 radical (unpaired) electrons. The second-order valence-electron chi connectivity index (χ2n) is 7.82. The number of benzene rings is 3. The van der Waals surface area contributed by atoms with Gasteiger partial charge in [0.15, 0.2) is 17.3 Å². The molecule has 0 fully saturated rings. The number of carbonyl (C=O) groups excluding carboxylic acids is 1. The van der Waals surface area contributed by atoms with E-state index < -0.39 is 5.91 Å². The van der Waals surface area contributed by atoms with Crippen LogP contribution in [0.3, 0.4) is 0 Å². The van der Waals surface area contributed by atoms with Gasteiger partial charge in [-0.25, -0.2) is 5.43 Å². The molecule has 0 aliphatic heterocycles. The first-order valence-corrected chi connectivity index (χ1v) is 13.1. The molecule has 0 spiro atoms. The molecule has 4 aromatic rings. The Labute approximate surface area is 231 Å². The highest BCUT2D eigenvalue weighted by molar-refractivity contribution is 14.1. The Hall–Kier alpha value is -3.11. The first-order valence-electron chi connectivity index (χ1n) is 11.3. The van der Waals surface area contributed by atoms with Gasteiger partial charge in [0.2, 0.25) is 0 Å². The van der Waals surface area contributed by atoms with E-state index in [1.54, 1.807) is 12.3 Å². The molecule has 4 rings (SSSR count). The zero-order valence-corrected chi connectivity index (χ0v) is 23.3. The number of furan rings is 1. The first-order chi connectivity index (χ1) is 17.5. The Bertz CT molecular complexity index is 1420. The average Bonchev–Trinajstić information content (AvgIpc) is 3.29. The topological polar surface area (TPSA) is 73.1 Å². The summed E-state index contributed by atoms with van der Waals surface area (Å²) in [6, 6.07) is 19.3. The van der Waals surface area contributed by atoms with Crippen molar-refractivity contribution in [1.82, 2.24) is 5.43 Å². The molecule has 36 heavy (non-hydrogen) atoms. The summed E-state index contributed by atoms with van der Waals surface area (Å²) in [5.74, 6) is 1.03. The van der Waals surface area contributed by atoms with Gasteiger partial charge in [0.1, 0.15) is 12.2 Å². The summed E-state index contributed by atoms with van der Waals surface area (Å²) in [6.07, 6.45) is 3.97. The fourth-order valence-corrected chi connectivity index (χ4v) is 5.29. The number of hydrogen-bond donors (Lipinski definition) is 1. The Balaban J connectivity index is 1.53. The van der Waals surface area contributed by atoms with Crippen molar-refractivity contribution < 1.29 is 18.7 Å². The maximum Gasteiger partial charge on any atom is 0.307 e. The Morgan fingerprint density at radius 3 is 2.72 bits per heavy atom. The van der Waals surface area contributed by atoms with Crippen LogP contribution in [0.2, 0.25) is 0 Å². The maximum atomic E-state index is 12.6. The minimum Gasteiger partial charge on any atom is -0.490 e. The van der Waals surface area contributed by atoms with Gasteiger partial charge in [-0.15, -0.1) is 6.58 Å². The number of ether oxygens (including phenoxy) is 2. The Kier molecular flexibility index (Phi) is 8.82. The standard InChI is InChI=1S/C28H24BrIN2O4/c1-3-8-20-11-19(12-24(34-4-2)27(20)35-17-18-9-6-5-7-10-18)16-31-32-28(33)25-14-21-13-22(29)15-23(30)26(21)36-25/h3,5-7,9-16H,1,4,8,17H2,2H3,(H,32,33)/b31-16-. The van der Waals surface area contributed by atoms with Gasteiger partial charge in [-0.1, -0.05) is 52.3 Å². The van der Waals surface area contributed by atoms with Crippen LogP contribution >= 0.6 is 38.5 Å². The molecule has 0 bridgehead atoms. The van der Waals surface area contributed by atoms with E-state index in [4.69, 9.17) is 13.9 Å². The van der Waals surface area contributed by atoms with Gasteiger partial charge >= 0.3 is 5.91 Å². The quantitative estimate of drug-likeness (QED) is 0.0842.